The molecule has 0 unspecified atom stereocenters. The summed E-state index contributed by atoms with van der Waals surface area (Å²) in [6.07, 6.45) is 0. The van der Waals surface area contributed by atoms with Gasteiger partial charge in [-0.15, -0.1) is 0 Å². The summed E-state index contributed by atoms with van der Waals surface area (Å²) >= 11 is 6.43. The van der Waals surface area contributed by atoms with Gasteiger partial charge < -0.3 is 5.32 Å². The highest BCUT2D eigenvalue weighted by atomic mass is 35.5. The average molecular weight is 501 g/mol. The van der Waals surface area contributed by atoms with E-state index in [1.807, 2.05) is 0 Å². The van der Waals surface area contributed by atoms with Crippen LogP contribution in [0.25, 0.3) is 11.3 Å². The molecule has 0 atom stereocenters. The topological polar surface area (TPSA) is 109 Å². The molecule has 0 bridgehead atoms. The maximum absolute atomic E-state index is 14.5. The number of hydrogen-bond acceptors (Lipinski definition) is 5. The Bertz CT molecular complexity index is 1340. The molecule has 32 heavy (non-hydrogen) atoms. The molecule has 3 aromatic rings. The minimum Gasteiger partial charge on any atom is -0.316 e. The highest BCUT2D eigenvalue weighted by Gasteiger charge is 2.27. The largest absolute Gasteiger partial charge is 0.316 e. The molecule has 0 aliphatic carbocycles. The van der Waals surface area contributed by atoms with Crippen molar-refractivity contribution < 1.29 is 21.2 Å². The van der Waals surface area contributed by atoms with E-state index in [-0.39, 0.29) is 40.1 Å². The van der Waals surface area contributed by atoms with Crippen molar-refractivity contribution in [1.82, 2.24) is 14.0 Å². The second-order valence-electron chi connectivity index (χ2n) is 6.76. The van der Waals surface area contributed by atoms with E-state index in [1.165, 1.54) is 48.5 Å². The quantitative estimate of drug-likeness (QED) is 0.418. The first-order chi connectivity index (χ1) is 15.1. The van der Waals surface area contributed by atoms with Crippen LogP contribution in [0.15, 0.2) is 59.5 Å². The normalized spacial score (nSPS) is 12.1. The van der Waals surface area contributed by atoms with Gasteiger partial charge in [0, 0.05) is 24.2 Å². The SMILES string of the molecule is CCNS(=O)(=O)Nc1cccc(S(=O)(=O)n2c(-c3ccccc3F)cc(CNC)c2Cl)c1. The van der Waals surface area contributed by atoms with Crippen LogP contribution in [0, 0.1) is 5.82 Å². The number of anilines is 1. The molecule has 0 saturated carbocycles. The van der Waals surface area contributed by atoms with Gasteiger partial charge >= 0.3 is 0 Å². The fourth-order valence-electron chi connectivity index (χ4n) is 3.13. The van der Waals surface area contributed by atoms with Gasteiger partial charge in [-0.05, 0) is 43.4 Å². The molecular formula is C20H22ClFN4O4S2. The van der Waals surface area contributed by atoms with E-state index in [2.05, 4.69) is 14.8 Å². The van der Waals surface area contributed by atoms with Crippen LogP contribution in [-0.4, -0.2) is 34.4 Å². The smallest absolute Gasteiger partial charge is 0.299 e. The predicted octanol–water partition coefficient (Wildman–Crippen LogP) is 3.17. The van der Waals surface area contributed by atoms with Crippen LogP contribution in [-0.2, 0) is 26.8 Å². The van der Waals surface area contributed by atoms with Gasteiger partial charge in [0.15, 0.2) is 0 Å². The van der Waals surface area contributed by atoms with E-state index in [0.717, 1.165) is 3.97 Å². The lowest BCUT2D eigenvalue weighted by Crippen LogP contribution is -2.29. The summed E-state index contributed by atoms with van der Waals surface area (Å²) in [5.41, 5.74) is 0.611. The first kappa shape index (κ1) is 24.2. The zero-order valence-corrected chi connectivity index (χ0v) is 19.7. The van der Waals surface area contributed by atoms with Crippen LogP contribution in [0.4, 0.5) is 10.1 Å². The molecule has 0 aliphatic rings. The number of benzene rings is 2. The van der Waals surface area contributed by atoms with Crippen LogP contribution in [0.5, 0.6) is 0 Å². The Morgan fingerprint density at radius 1 is 1.03 bits per heavy atom. The Balaban J connectivity index is 2.17. The Labute approximate surface area is 191 Å². The van der Waals surface area contributed by atoms with Gasteiger partial charge in [-0.3, -0.25) is 4.72 Å². The van der Waals surface area contributed by atoms with Crippen molar-refractivity contribution in [1.29, 1.82) is 0 Å². The molecule has 172 valence electrons. The number of nitrogens with zero attached hydrogens (tertiary/aromatic N) is 1. The van der Waals surface area contributed by atoms with Crippen molar-refractivity contribution >= 4 is 37.5 Å². The summed E-state index contributed by atoms with van der Waals surface area (Å²) in [5, 5.41) is 2.80. The molecule has 0 saturated heterocycles. The number of aromatic nitrogens is 1. The van der Waals surface area contributed by atoms with E-state index >= 15 is 0 Å². The maximum Gasteiger partial charge on any atom is 0.299 e. The molecular weight excluding hydrogens is 479 g/mol. The Hall–Kier alpha value is -2.44. The summed E-state index contributed by atoms with van der Waals surface area (Å²) in [7, 11) is -6.51. The van der Waals surface area contributed by atoms with Crippen molar-refractivity contribution in [3.63, 3.8) is 0 Å². The summed E-state index contributed by atoms with van der Waals surface area (Å²) in [6, 6.07) is 12.6. The van der Waals surface area contributed by atoms with Crippen molar-refractivity contribution in [2.24, 2.45) is 0 Å². The highest BCUT2D eigenvalue weighted by Crippen LogP contribution is 2.35. The monoisotopic (exact) mass is 500 g/mol. The van der Waals surface area contributed by atoms with Gasteiger partial charge in [-0.25, -0.2) is 16.8 Å². The standard InChI is InChI=1S/C20H22ClFN4O4S2/c1-3-24-32(29,30)25-15-7-6-8-16(12-15)31(27,28)26-19(11-14(13-23-2)20(26)21)17-9-4-5-10-18(17)22/h4-12,23-25H,3,13H2,1-2H3. The molecule has 12 heteroatoms. The third-order valence-corrected chi connectivity index (χ3v) is 7.84. The Morgan fingerprint density at radius 2 is 1.75 bits per heavy atom. The van der Waals surface area contributed by atoms with Crippen molar-refractivity contribution in [2.45, 2.75) is 18.4 Å². The zero-order chi connectivity index (χ0) is 23.5. The second kappa shape index (κ2) is 9.59. The van der Waals surface area contributed by atoms with Crippen LogP contribution in [0.1, 0.15) is 12.5 Å². The van der Waals surface area contributed by atoms with Crippen LogP contribution >= 0.6 is 11.6 Å². The number of hydrogen-bond donors (Lipinski definition) is 3. The fourth-order valence-corrected chi connectivity index (χ4v) is 5.98. The molecule has 8 nitrogen and oxygen atoms in total. The lowest BCUT2D eigenvalue weighted by molar-refractivity contribution is 0.585. The zero-order valence-electron chi connectivity index (χ0n) is 17.3. The molecule has 1 heterocycles. The van der Waals surface area contributed by atoms with Crippen molar-refractivity contribution in [3.8, 4) is 11.3 Å². The summed E-state index contributed by atoms with van der Waals surface area (Å²) in [4.78, 5) is -0.222. The first-order valence-corrected chi connectivity index (χ1v) is 12.8. The first-order valence-electron chi connectivity index (χ1n) is 9.53. The average Bonchev–Trinajstić information content (AvgIpc) is 3.05. The third-order valence-electron chi connectivity index (χ3n) is 4.45. The van der Waals surface area contributed by atoms with Gasteiger partial charge in [-0.1, -0.05) is 36.7 Å². The molecule has 0 fully saturated rings. The van der Waals surface area contributed by atoms with Crippen molar-refractivity contribution in [3.05, 3.63) is 71.1 Å². The van der Waals surface area contributed by atoms with E-state index in [1.54, 1.807) is 20.0 Å². The van der Waals surface area contributed by atoms with E-state index in [4.69, 9.17) is 11.6 Å². The van der Waals surface area contributed by atoms with Gasteiger partial charge in [0.2, 0.25) is 0 Å². The summed E-state index contributed by atoms with van der Waals surface area (Å²) in [5.74, 6) is -0.610. The molecule has 0 spiro atoms. The molecule has 1 aromatic heterocycles. The second-order valence-corrected chi connectivity index (χ2v) is 10.4. The lowest BCUT2D eigenvalue weighted by atomic mass is 10.1. The number of nitrogens with one attached hydrogen (secondary N) is 3. The van der Waals surface area contributed by atoms with Crippen LogP contribution in [0.3, 0.4) is 0 Å². The molecule has 3 rings (SSSR count). The minimum absolute atomic E-state index is 0.0400. The molecule has 0 radical (unpaired) electrons. The van der Waals surface area contributed by atoms with Gasteiger partial charge in [0.1, 0.15) is 11.0 Å². The van der Waals surface area contributed by atoms with Crippen LogP contribution < -0.4 is 14.8 Å². The molecule has 0 aliphatic heterocycles. The Kier molecular flexibility index (Phi) is 7.25. The fraction of sp³-hybridized carbons (Fsp3) is 0.200. The van der Waals surface area contributed by atoms with E-state index in [9.17, 15) is 21.2 Å². The van der Waals surface area contributed by atoms with Gasteiger partial charge in [-0.2, -0.15) is 13.1 Å². The number of rotatable bonds is 9. The van der Waals surface area contributed by atoms with Gasteiger partial charge in [0.05, 0.1) is 16.3 Å². The van der Waals surface area contributed by atoms with Crippen molar-refractivity contribution in [2.75, 3.05) is 18.3 Å². The predicted molar refractivity (Wildman–Crippen MR) is 123 cm³/mol. The maximum atomic E-state index is 14.5. The molecule has 3 N–H and O–H groups in total. The van der Waals surface area contributed by atoms with Gasteiger partial charge in [0.25, 0.3) is 20.2 Å². The highest BCUT2D eigenvalue weighted by molar-refractivity contribution is 7.91. The van der Waals surface area contributed by atoms with Crippen LogP contribution in [0.2, 0.25) is 5.15 Å². The summed E-state index contributed by atoms with van der Waals surface area (Å²) in [6.45, 7) is 2.03. The molecule has 0 amide bonds. The lowest BCUT2D eigenvalue weighted by Gasteiger charge is -2.14. The molecule has 2 aromatic carbocycles. The van der Waals surface area contributed by atoms with E-state index in [0.29, 0.717) is 5.56 Å². The Morgan fingerprint density at radius 3 is 2.41 bits per heavy atom. The van der Waals surface area contributed by atoms with E-state index < -0.39 is 26.0 Å². The number of halogens is 2. The minimum atomic E-state index is -4.32. The third kappa shape index (κ3) is 4.97. The summed E-state index contributed by atoms with van der Waals surface area (Å²) < 4.78 is 71.0.